The van der Waals surface area contributed by atoms with Crippen LogP contribution in [0.5, 0.6) is 5.75 Å². The molecule has 0 aliphatic rings. The summed E-state index contributed by atoms with van der Waals surface area (Å²) in [4.78, 5) is 10.7. The number of ether oxygens (including phenoxy) is 1. The van der Waals surface area contributed by atoms with Gasteiger partial charge in [-0.25, -0.2) is 0 Å². The molecule has 0 atom stereocenters. The zero-order valence-electron chi connectivity index (χ0n) is 13.2. The monoisotopic (exact) mass is 313 g/mol. The van der Waals surface area contributed by atoms with Crippen LogP contribution in [-0.2, 0) is 0 Å². The van der Waals surface area contributed by atoms with Gasteiger partial charge in [0, 0.05) is 11.6 Å². The van der Waals surface area contributed by atoms with Crippen molar-refractivity contribution in [3.63, 3.8) is 0 Å². The highest BCUT2D eigenvalue weighted by Crippen LogP contribution is 2.27. The van der Waals surface area contributed by atoms with Crippen molar-refractivity contribution in [3.05, 3.63) is 63.7 Å². The van der Waals surface area contributed by atoms with Gasteiger partial charge in [-0.2, -0.15) is 5.10 Å². The van der Waals surface area contributed by atoms with Crippen molar-refractivity contribution in [1.29, 1.82) is 0 Å². The molecule has 120 valence electrons. The zero-order valence-corrected chi connectivity index (χ0v) is 13.2. The topological polar surface area (TPSA) is 76.8 Å². The summed E-state index contributed by atoms with van der Waals surface area (Å²) in [7, 11) is 0. The summed E-state index contributed by atoms with van der Waals surface area (Å²) in [6.07, 6.45) is 2.33. The second-order valence-corrected chi connectivity index (χ2v) is 5.07. The predicted molar refractivity (Wildman–Crippen MR) is 91.3 cm³/mol. The van der Waals surface area contributed by atoms with E-state index >= 15 is 0 Å². The Balaban J connectivity index is 2.10. The van der Waals surface area contributed by atoms with Gasteiger partial charge in [0.15, 0.2) is 5.75 Å². The Kier molecular flexibility index (Phi) is 5.68. The molecular weight excluding hydrogens is 294 g/mol. The van der Waals surface area contributed by atoms with Gasteiger partial charge in [0.25, 0.3) is 0 Å². The van der Waals surface area contributed by atoms with Crippen LogP contribution in [0.1, 0.15) is 24.5 Å². The van der Waals surface area contributed by atoms with E-state index in [-0.39, 0.29) is 11.4 Å². The van der Waals surface area contributed by atoms with Gasteiger partial charge in [-0.05, 0) is 37.6 Å². The van der Waals surface area contributed by atoms with Gasteiger partial charge in [-0.15, -0.1) is 0 Å². The molecule has 0 fully saturated rings. The lowest BCUT2D eigenvalue weighted by Crippen LogP contribution is -2.00. The Morgan fingerprint density at radius 2 is 2.00 bits per heavy atom. The molecule has 0 aliphatic heterocycles. The first kappa shape index (κ1) is 16.5. The standard InChI is InChI=1S/C17H19N3O3/c1-3-10-23-17-9-6-14(11-16(17)20(21)22)12-18-19-15-7-4-13(2)5-8-15/h4-9,11-12,19H,3,10H2,1-2H3/b18-12+. The third-order valence-electron chi connectivity index (χ3n) is 3.10. The third-order valence-corrected chi connectivity index (χ3v) is 3.10. The maximum atomic E-state index is 11.1. The van der Waals surface area contributed by atoms with Gasteiger partial charge in [-0.1, -0.05) is 24.6 Å². The van der Waals surface area contributed by atoms with E-state index in [2.05, 4.69) is 10.5 Å². The highest BCUT2D eigenvalue weighted by Gasteiger charge is 2.15. The van der Waals surface area contributed by atoms with E-state index in [4.69, 9.17) is 4.74 Å². The summed E-state index contributed by atoms with van der Waals surface area (Å²) in [6.45, 7) is 4.40. The number of anilines is 1. The summed E-state index contributed by atoms with van der Waals surface area (Å²) in [5, 5.41) is 15.2. The molecule has 0 bridgehead atoms. The lowest BCUT2D eigenvalue weighted by Gasteiger charge is -2.05. The van der Waals surface area contributed by atoms with E-state index in [1.807, 2.05) is 38.1 Å². The normalized spacial score (nSPS) is 10.7. The number of nitro groups is 1. The summed E-state index contributed by atoms with van der Waals surface area (Å²) >= 11 is 0. The summed E-state index contributed by atoms with van der Waals surface area (Å²) in [5.41, 5.74) is 5.47. The molecule has 0 radical (unpaired) electrons. The number of hydrogen-bond acceptors (Lipinski definition) is 5. The molecule has 6 nitrogen and oxygen atoms in total. The lowest BCUT2D eigenvalue weighted by molar-refractivity contribution is -0.385. The second kappa shape index (κ2) is 7.93. The number of rotatable bonds is 7. The molecule has 0 spiro atoms. The van der Waals surface area contributed by atoms with Crippen molar-refractivity contribution >= 4 is 17.6 Å². The maximum absolute atomic E-state index is 11.1. The van der Waals surface area contributed by atoms with Crippen molar-refractivity contribution in [1.82, 2.24) is 0 Å². The van der Waals surface area contributed by atoms with Crippen molar-refractivity contribution in [3.8, 4) is 5.75 Å². The Morgan fingerprint density at radius 3 is 2.65 bits per heavy atom. The fourth-order valence-electron chi connectivity index (χ4n) is 1.90. The number of aryl methyl sites for hydroxylation is 1. The SMILES string of the molecule is CCCOc1ccc(/C=N/Nc2ccc(C)cc2)cc1[N+](=O)[O-]. The Labute approximate surface area is 134 Å². The molecular formula is C17H19N3O3. The van der Waals surface area contributed by atoms with E-state index in [0.29, 0.717) is 12.2 Å². The first-order valence-electron chi connectivity index (χ1n) is 7.37. The average Bonchev–Trinajstić information content (AvgIpc) is 2.55. The first-order chi connectivity index (χ1) is 11.1. The molecule has 0 aliphatic carbocycles. The third kappa shape index (κ3) is 4.81. The molecule has 0 unspecified atom stereocenters. The molecule has 23 heavy (non-hydrogen) atoms. The largest absolute Gasteiger partial charge is 0.487 e. The van der Waals surface area contributed by atoms with Gasteiger partial charge in [0.2, 0.25) is 0 Å². The highest BCUT2D eigenvalue weighted by molar-refractivity contribution is 5.82. The lowest BCUT2D eigenvalue weighted by atomic mass is 10.2. The van der Waals surface area contributed by atoms with Gasteiger partial charge >= 0.3 is 5.69 Å². The molecule has 2 aromatic rings. The van der Waals surface area contributed by atoms with E-state index < -0.39 is 4.92 Å². The Bertz CT molecular complexity index is 697. The van der Waals surface area contributed by atoms with Crippen LogP contribution in [0.3, 0.4) is 0 Å². The number of nitro benzene ring substituents is 1. The molecule has 0 amide bonds. The summed E-state index contributed by atoms with van der Waals surface area (Å²) < 4.78 is 5.39. The highest BCUT2D eigenvalue weighted by atomic mass is 16.6. The minimum Gasteiger partial charge on any atom is -0.487 e. The van der Waals surface area contributed by atoms with Crippen molar-refractivity contribution in [2.24, 2.45) is 5.10 Å². The minimum absolute atomic E-state index is 0.0577. The van der Waals surface area contributed by atoms with E-state index in [0.717, 1.165) is 17.7 Å². The molecule has 2 aromatic carbocycles. The first-order valence-corrected chi connectivity index (χ1v) is 7.37. The van der Waals surface area contributed by atoms with Crippen molar-refractivity contribution in [2.75, 3.05) is 12.0 Å². The zero-order chi connectivity index (χ0) is 16.7. The van der Waals surface area contributed by atoms with E-state index in [1.165, 1.54) is 12.3 Å². The number of hydrogen-bond donors (Lipinski definition) is 1. The van der Waals surface area contributed by atoms with Crippen LogP contribution in [0.25, 0.3) is 0 Å². The molecule has 6 heteroatoms. The molecule has 0 heterocycles. The molecule has 1 N–H and O–H groups in total. The Morgan fingerprint density at radius 1 is 1.26 bits per heavy atom. The second-order valence-electron chi connectivity index (χ2n) is 5.07. The number of hydrazone groups is 1. The van der Waals surface area contributed by atoms with Gasteiger partial charge in [0.1, 0.15) is 0 Å². The quantitative estimate of drug-likeness (QED) is 0.473. The number of nitrogens with one attached hydrogen (secondary N) is 1. The van der Waals surface area contributed by atoms with Crippen molar-refractivity contribution in [2.45, 2.75) is 20.3 Å². The molecule has 0 saturated heterocycles. The average molecular weight is 313 g/mol. The molecule has 0 saturated carbocycles. The smallest absolute Gasteiger partial charge is 0.311 e. The van der Waals surface area contributed by atoms with Crippen LogP contribution in [0.4, 0.5) is 11.4 Å². The Hall–Kier alpha value is -2.89. The maximum Gasteiger partial charge on any atom is 0.311 e. The summed E-state index contributed by atoms with van der Waals surface area (Å²) in [6, 6.07) is 12.6. The summed E-state index contributed by atoms with van der Waals surface area (Å²) in [5.74, 6) is 0.278. The van der Waals surface area contributed by atoms with Gasteiger partial charge < -0.3 is 4.74 Å². The minimum atomic E-state index is -0.449. The van der Waals surface area contributed by atoms with Gasteiger partial charge in [-0.3, -0.25) is 15.5 Å². The van der Waals surface area contributed by atoms with E-state index in [1.54, 1.807) is 12.1 Å². The van der Waals surface area contributed by atoms with Gasteiger partial charge in [0.05, 0.1) is 23.4 Å². The van der Waals surface area contributed by atoms with Crippen LogP contribution in [0, 0.1) is 17.0 Å². The van der Waals surface area contributed by atoms with E-state index in [9.17, 15) is 10.1 Å². The number of nitrogens with zero attached hydrogens (tertiary/aromatic N) is 2. The van der Waals surface area contributed by atoms with Crippen LogP contribution in [-0.4, -0.2) is 17.7 Å². The van der Waals surface area contributed by atoms with Crippen LogP contribution in [0.2, 0.25) is 0 Å². The number of benzene rings is 2. The molecule has 0 aromatic heterocycles. The van der Waals surface area contributed by atoms with Crippen LogP contribution < -0.4 is 10.2 Å². The van der Waals surface area contributed by atoms with Crippen molar-refractivity contribution < 1.29 is 9.66 Å². The predicted octanol–water partition coefficient (Wildman–Crippen LogP) is 4.14. The fourth-order valence-corrected chi connectivity index (χ4v) is 1.90. The van der Waals surface area contributed by atoms with Crippen LogP contribution >= 0.6 is 0 Å². The fraction of sp³-hybridized carbons (Fsp3) is 0.235. The molecule has 2 rings (SSSR count). The van der Waals surface area contributed by atoms with Crippen LogP contribution in [0.15, 0.2) is 47.6 Å².